The number of nitrogens with one attached hydrogen (secondary N) is 1. The highest BCUT2D eigenvalue weighted by molar-refractivity contribution is 7.09. The minimum atomic E-state index is -0.572. The number of hydrogen-bond acceptors (Lipinski definition) is 7. The molecule has 2 aromatic heterocycles. The van der Waals surface area contributed by atoms with Crippen molar-refractivity contribution in [3.8, 4) is 11.5 Å². The van der Waals surface area contributed by atoms with Gasteiger partial charge in [0.2, 0.25) is 11.8 Å². The summed E-state index contributed by atoms with van der Waals surface area (Å²) < 4.78 is 0. The van der Waals surface area contributed by atoms with Gasteiger partial charge in [-0.25, -0.2) is 9.97 Å². The SMILES string of the molecule is Cc1nc(-c2ncc(C(=O)N3C[C@@H]4C(=O)N(C)C(=O)[C@@H]4C3)c(=O)[nH]2)cs1. The number of rotatable bonds is 2. The molecule has 9 nitrogen and oxygen atoms in total. The van der Waals surface area contributed by atoms with E-state index in [1.807, 2.05) is 6.92 Å². The van der Waals surface area contributed by atoms with Crippen LogP contribution < -0.4 is 5.56 Å². The number of nitrogens with zero attached hydrogens (tertiary/aromatic N) is 4. The minimum absolute atomic E-state index is 0.117. The normalized spacial score (nSPS) is 22.2. The second-order valence-corrected chi connectivity index (χ2v) is 7.45. The van der Waals surface area contributed by atoms with E-state index < -0.39 is 23.3 Å². The number of H-pyrrole nitrogens is 1. The van der Waals surface area contributed by atoms with Crippen molar-refractivity contribution in [3.63, 3.8) is 0 Å². The van der Waals surface area contributed by atoms with Crippen molar-refractivity contribution in [2.75, 3.05) is 20.1 Å². The van der Waals surface area contributed by atoms with Crippen molar-refractivity contribution in [1.29, 1.82) is 0 Å². The first-order chi connectivity index (χ1) is 12.4. The number of carbonyl (C=O) groups excluding carboxylic acids is 3. The van der Waals surface area contributed by atoms with Gasteiger partial charge in [0.1, 0.15) is 11.3 Å². The number of hydrogen-bond donors (Lipinski definition) is 1. The van der Waals surface area contributed by atoms with Crippen LogP contribution >= 0.6 is 11.3 Å². The van der Waals surface area contributed by atoms with Crippen LogP contribution in [0.25, 0.3) is 11.5 Å². The van der Waals surface area contributed by atoms with Gasteiger partial charge in [-0.15, -0.1) is 11.3 Å². The summed E-state index contributed by atoms with van der Waals surface area (Å²) in [6.45, 7) is 2.10. The molecule has 2 saturated heterocycles. The van der Waals surface area contributed by atoms with Gasteiger partial charge in [0.25, 0.3) is 11.5 Å². The van der Waals surface area contributed by atoms with Gasteiger partial charge in [0, 0.05) is 31.7 Å². The molecule has 3 amide bonds. The average molecular weight is 373 g/mol. The molecule has 0 aliphatic carbocycles. The van der Waals surface area contributed by atoms with Gasteiger partial charge in [-0.3, -0.25) is 24.1 Å². The Bertz CT molecular complexity index is 973. The fourth-order valence-corrected chi connectivity index (χ4v) is 3.99. The monoisotopic (exact) mass is 373 g/mol. The molecule has 2 atom stereocenters. The molecular formula is C16H15N5O4S. The molecule has 26 heavy (non-hydrogen) atoms. The van der Waals surface area contributed by atoms with Crippen LogP contribution in [0, 0.1) is 18.8 Å². The lowest BCUT2D eigenvalue weighted by Gasteiger charge is -2.18. The molecule has 2 aromatic rings. The largest absolute Gasteiger partial charge is 0.337 e. The predicted molar refractivity (Wildman–Crippen MR) is 91.4 cm³/mol. The van der Waals surface area contributed by atoms with Gasteiger partial charge in [0.05, 0.1) is 16.8 Å². The quantitative estimate of drug-likeness (QED) is 0.734. The second kappa shape index (κ2) is 5.84. The average Bonchev–Trinajstić information content (AvgIpc) is 3.29. The summed E-state index contributed by atoms with van der Waals surface area (Å²) in [7, 11) is 1.45. The van der Waals surface area contributed by atoms with Crippen molar-refractivity contribution < 1.29 is 14.4 Å². The molecule has 0 bridgehead atoms. The summed E-state index contributed by atoms with van der Waals surface area (Å²) in [5, 5.41) is 2.61. The van der Waals surface area contributed by atoms with E-state index in [1.54, 1.807) is 5.38 Å². The number of aromatic amines is 1. The Morgan fingerprint density at radius 2 is 1.88 bits per heavy atom. The van der Waals surface area contributed by atoms with E-state index in [2.05, 4.69) is 15.0 Å². The Hall–Kier alpha value is -2.88. The van der Waals surface area contributed by atoms with Crippen LogP contribution in [-0.4, -0.2) is 62.6 Å². The third kappa shape index (κ3) is 2.45. The lowest BCUT2D eigenvalue weighted by molar-refractivity contribution is -0.138. The summed E-state index contributed by atoms with van der Waals surface area (Å²) in [6.07, 6.45) is 1.22. The molecule has 0 saturated carbocycles. The van der Waals surface area contributed by atoms with Gasteiger partial charge in [-0.1, -0.05) is 0 Å². The zero-order chi connectivity index (χ0) is 18.6. The van der Waals surface area contributed by atoms with Crippen molar-refractivity contribution in [2.45, 2.75) is 6.92 Å². The zero-order valence-electron chi connectivity index (χ0n) is 14.1. The maximum Gasteiger partial charge on any atom is 0.264 e. The maximum absolute atomic E-state index is 12.7. The predicted octanol–water partition coefficient (Wildman–Crippen LogP) is -0.111. The summed E-state index contributed by atoms with van der Waals surface area (Å²) >= 11 is 1.43. The number of aryl methyl sites for hydroxylation is 1. The Kier molecular flexibility index (Phi) is 3.72. The Morgan fingerprint density at radius 3 is 2.42 bits per heavy atom. The summed E-state index contributed by atoms with van der Waals surface area (Å²) in [4.78, 5) is 62.5. The molecule has 2 aliphatic rings. The van der Waals surface area contributed by atoms with E-state index in [-0.39, 0.29) is 30.5 Å². The number of imide groups is 1. The number of thiazole rings is 1. The van der Waals surface area contributed by atoms with E-state index in [9.17, 15) is 19.2 Å². The summed E-state index contributed by atoms with van der Waals surface area (Å²) in [6, 6.07) is 0. The first-order valence-electron chi connectivity index (χ1n) is 7.99. The van der Waals surface area contributed by atoms with E-state index in [0.29, 0.717) is 11.5 Å². The molecule has 0 spiro atoms. The third-order valence-corrected chi connectivity index (χ3v) is 5.57. The number of carbonyl (C=O) groups is 3. The van der Waals surface area contributed by atoms with Crippen LogP contribution in [0.5, 0.6) is 0 Å². The number of aromatic nitrogens is 3. The highest BCUT2D eigenvalue weighted by Gasteiger charge is 2.52. The van der Waals surface area contributed by atoms with Gasteiger partial charge in [0.15, 0.2) is 5.82 Å². The van der Waals surface area contributed by atoms with Gasteiger partial charge in [-0.05, 0) is 6.92 Å². The molecule has 10 heteroatoms. The van der Waals surface area contributed by atoms with Crippen molar-refractivity contribution in [1.82, 2.24) is 24.8 Å². The summed E-state index contributed by atoms with van der Waals surface area (Å²) in [5.41, 5.74) is -0.148. The molecule has 0 unspecified atom stereocenters. The molecule has 4 rings (SSSR count). The second-order valence-electron chi connectivity index (χ2n) is 6.38. The fourth-order valence-electron chi connectivity index (χ4n) is 3.40. The molecule has 4 heterocycles. The van der Waals surface area contributed by atoms with Gasteiger partial charge in [-0.2, -0.15) is 0 Å². The first-order valence-corrected chi connectivity index (χ1v) is 8.87. The molecule has 0 radical (unpaired) electrons. The van der Waals surface area contributed by atoms with E-state index in [1.165, 1.54) is 29.5 Å². The highest BCUT2D eigenvalue weighted by atomic mass is 32.1. The molecule has 1 N–H and O–H groups in total. The number of likely N-dealkylation sites (tertiary alicyclic amines) is 2. The Labute approximate surface area is 151 Å². The lowest BCUT2D eigenvalue weighted by Crippen LogP contribution is -2.38. The number of amides is 3. The van der Waals surface area contributed by atoms with Crippen LogP contribution in [0.3, 0.4) is 0 Å². The smallest absolute Gasteiger partial charge is 0.264 e. The van der Waals surface area contributed by atoms with Crippen LogP contribution in [0.4, 0.5) is 0 Å². The zero-order valence-corrected chi connectivity index (χ0v) is 14.9. The van der Waals surface area contributed by atoms with E-state index in [0.717, 1.165) is 9.91 Å². The van der Waals surface area contributed by atoms with Crippen LogP contribution in [0.15, 0.2) is 16.4 Å². The van der Waals surface area contributed by atoms with Crippen LogP contribution in [0.1, 0.15) is 15.4 Å². The minimum Gasteiger partial charge on any atom is -0.337 e. The van der Waals surface area contributed by atoms with Crippen LogP contribution in [-0.2, 0) is 9.59 Å². The lowest BCUT2D eigenvalue weighted by atomic mass is 10.00. The molecule has 2 fully saturated rings. The van der Waals surface area contributed by atoms with Gasteiger partial charge >= 0.3 is 0 Å². The summed E-state index contributed by atoms with van der Waals surface area (Å²) in [5.74, 6) is -1.85. The molecular weight excluding hydrogens is 358 g/mol. The molecule has 2 aliphatic heterocycles. The van der Waals surface area contributed by atoms with Gasteiger partial charge < -0.3 is 9.88 Å². The maximum atomic E-state index is 12.7. The van der Waals surface area contributed by atoms with Crippen LogP contribution in [0.2, 0.25) is 0 Å². The van der Waals surface area contributed by atoms with Crippen molar-refractivity contribution in [3.05, 3.63) is 32.5 Å². The Balaban J connectivity index is 1.57. The number of fused-ring (bicyclic) bond motifs is 1. The molecule has 134 valence electrons. The first kappa shape index (κ1) is 16.6. The van der Waals surface area contributed by atoms with Crippen molar-refractivity contribution in [2.24, 2.45) is 11.8 Å². The van der Waals surface area contributed by atoms with E-state index in [4.69, 9.17) is 0 Å². The topological polar surface area (TPSA) is 116 Å². The standard InChI is InChI=1S/C16H15N5O4S/c1-7-18-11(6-26-7)12-17-3-8(13(22)19-12)16(25)21-4-9-10(5-21)15(24)20(2)14(9)23/h3,6,9-10H,4-5H2,1-2H3,(H,17,19,22)/t9-,10+. The highest BCUT2D eigenvalue weighted by Crippen LogP contribution is 2.33. The van der Waals surface area contributed by atoms with Crippen molar-refractivity contribution >= 4 is 29.1 Å². The Morgan fingerprint density at radius 1 is 1.23 bits per heavy atom. The van der Waals surface area contributed by atoms with E-state index >= 15 is 0 Å². The fraction of sp³-hybridized carbons (Fsp3) is 0.375. The molecule has 0 aromatic carbocycles. The third-order valence-electron chi connectivity index (χ3n) is 4.79.